The maximum atomic E-state index is 14.8. The van der Waals surface area contributed by atoms with Crippen LogP contribution in [0.5, 0.6) is 5.75 Å². The number of anilines is 1. The van der Waals surface area contributed by atoms with E-state index in [0.717, 1.165) is 28.6 Å². The van der Waals surface area contributed by atoms with Crippen LogP contribution in [0.25, 0.3) is 39.3 Å². The summed E-state index contributed by atoms with van der Waals surface area (Å²) in [6.07, 6.45) is 0. The van der Waals surface area contributed by atoms with E-state index in [0.29, 0.717) is 22.6 Å². The van der Waals surface area contributed by atoms with Gasteiger partial charge in [0.2, 0.25) is 0 Å². The summed E-state index contributed by atoms with van der Waals surface area (Å²) in [6.45, 7) is 1.78. The van der Waals surface area contributed by atoms with Gasteiger partial charge in [0, 0.05) is 42.5 Å². The Bertz CT molecular complexity index is 1520. The first-order valence-corrected chi connectivity index (χ1v) is 10.7. The molecular weight excluding hydrogens is 473 g/mol. The zero-order valence-electron chi connectivity index (χ0n) is 20.9. The van der Waals surface area contributed by atoms with Crippen LogP contribution in [0.2, 0.25) is 0 Å². The minimum Gasteiger partial charge on any atom is -1.00 e. The normalized spacial score (nSPS) is 10.9. The quantitative estimate of drug-likeness (QED) is 0.389. The van der Waals surface area contributed by atoms with Crippen molar-refractivity contribution in [2.24, 2.45) is 0 Å². The van der Waals surface area contributed by atoms with Crippen molar-refractivity contribution in [1.29, 1.82) is 0 Å². The molecule has 0 fully saturated rings. The number of halogens is 2. The summed E-state index contributed by atoms with van der Waals surface area (Å²) in [5.41, 5.74) is 5.93. The number of aromatic hydroxyl groups is 1. The van der Waals surface area contributed by atoms with Gasteiger partial charge in [-0.15, -0.1) is 0 Å². The first-order valence-electron chi connectivity index (χ1n) is 10.7. The zero-order chi connectivity index (χ0) is 24.0. The monoisotopic (exact) mass is 496 g/mol. The molecule has 0 bridgehead atoms. The maximum absolute atomic E-state index is 14.8. The number of fused-ring (bicyclic) bond motifs is 1. The Morgan fingerprint density at radius 1 is 0.886 bits per heavy atom. The van der Waals surface area contributed by atoms with E-state index in [-0.39, 0.29) is 64.1 Å². The first kappa shape index (κ1) is 25.5. The van der Waals surface area contributed by atoms with E-state index in [4.69, 9.17) is 4.98 Å². The van der Waals surface area contributed by atoms with E-state index in [1.54, 1.807) is 35.7 Å². The summed E-state index contributed by atoms with van der Waals surface area (Å²) in [7, 11) is 3.95. The van der Waals surface area contributed by atoms with Crippen molar-refractivity contribution in [2.45, 2.75) is 6.92 Å². The van der Waals surface area contributed by atoms with Crippen LogP contribution in [-0.2, 0) is 0 Å². The number of aryl methyl sites for hydroxylation is 1. The molecule has 0 aliphatic rings. The summed E-state index contributed by atoms with van der Waals surface area (Å²) >= 11 is 0. The summed E-state index contributed by atoms with van der Waals surface area (Å²) < 4.78 is 30.1. The molecule has 2 aromatic heterocycles. The molecule has 0 amide bonds. The molecule has 0 spiro atoms. The molecule has 1 N–H and O–H groups in total. The van der Waals surface area contributed by atoms with Gasteiger partial charge in [0.1, 0.15) is 17.4 Å². The van der Waals surface area contributed by atoms with Crippen LogP contribution in [0.3, 0.4) is 0 Å². The molecular formula is C27H23F2KN4O. The van der Waals surface area contributed by atoms with Gasteiger partial charge in [-0.3, -0.25) is 0 Å². The van der Waals surface area contributed by atoms with Gasteiger partial charge in [-0.1, -0.05) is 12.1 Å². The van der Waals surface area contributed by atoms with E-state index in [1.165, 1.54) is 12.1 Å². The first-order chi connectivity index (χ1) is 16.3. The molecule has 172 valence electrons. The van der Waals surface area contributed by atoms with Gasteiger partial charge in [0.25, 0.3) is 0 Å². The fourth-order valence-corrected chi connectivity index (χ4v) is 4.05. The molecule has 5 aromatic rings. The van der Waals surface area contributed by atoms with E-state index in [1.807, 2.05) is 49.3 Å². The van der Waals surface area contributed by atoms with Gasteiger partial charge in [-0.2, -0.15) is 5.10 Å². The average molecular weight is 497 g/mol. The fraction of sp³-hybridized carbons (Fsp3) is 0.111. The predicted octanol–water partition coefficient (Wildman–Crippen LogP) is 3.21. The molecule has 0 saturated carbocycles. The summed E-state index contributed by atoms with van der Waals surface area (Å²) in [6, 6.07) is 20.2. The maximum Gasteiger partial charge on any atom is 1.00 e. The third-order valence-corrected chi connectivity index (χ3v) is 5.81. The van der Waals surface area contributed by atoms with Gasteiger partial charge < -0.3 is 11.4 Å². The van der Waals surface area contributed by atoms with Crippen LogP contribution in [0.1, 0.15) is 7.12 Å². The van der Waals surface area contributed by atoms with Crippen molar-refractivity contribution in [3.8, 4) is 39.4 Å². The van der Waals surface area contributed by atoms with Gasteiger partial charge in [-0.05, 0) is 61.5 Å². The van der Waals surface area contributed by atoms with Crippen LogP contribution in [0.15, 0.2) is 72.8 Å². The Hall–Kier alpha value is -2.62. The number of nitrogens with zero attached hydrogens (tertiary/aromatic N) is 4. The SMILES string of the molecule is Cc1nn2c(-c3ccc(O)cc3)cc(-c3ccc(N(C)C)cc3)nc2c1-c1ccc(F)cc1F.[H-].[K+]. The zero-order valence-corrected chi connectivity index (χ0v) is 23.0. The minimum absolute atomic E-state index is 0. The Morgan fingerprint density at radius 2 is 1.54 bits per heavy atom. The molecule has 35 heavy (non-hydrogen) atoms. The molecule has 5 rings (SSSR count). The van der Waals surface area contributed by atoms with E-state index in [9.17, 15) is 13.9 Å². The van der Waals surface area contributed by atoms with Gasteiger partial charge >= 0.3 is 51.4 Å². The second-order valence-electron chi connectivity index (χ2n) is 8.33. The molecule has 5 nitrogen and oxygen atoms in total. The largest absolute Gasteiger partial charge is 1.00 e. The molecule has 0 aliphatic heterocycles. The smallest absolute Gasteiger partial charge is 1.00 e. The second kappa shape index (κ2) is 10.2. The summed E-state index contributed by atoms with van der Waals surface area (Å²) in [5.74, 6) is -1.17. The van der Waals surface area contributed by atoms with Crippen LogP contribution < -0.4 is 56.3 Å². The topological polar surface area (TPSA) is 53.7 Å². The number of benzene rings is 3. The van der Waals surface area contributed by atoms with Gasteiger partial charge in [0.15, 0.2) is 5.65 Å². The number of aromatic nitrogens is 3. The van der Waals surface area contributed by atoms with Crippen LogP contribution in [0, 0.1) is 18.6 Å². The Labute approximate surface area is 246 Å². The molecule has 0 saturated heterocycles. The van der Waals surface area contributed by atoms with Crippen molar-refractivity contribution >= 4 is 11.3 Å². The second-order valence-corrected chi connectivity index (χ2v) is 8.33. The molecule has 2 heterocycles. The standard InChI is InChI=1S/C27H22F2N4O.K.H/c1-16-26(22-13-8-19(28)14-23(22)29)27-30-24(17-4-9-20(10-5-17)32(2)3)15-25(33(27)31-16)18-6-11-21(34)12-7-18;;/h4-15,34H,1-3H3;;/q;+1;-1. The average Bonchev–Trinajstić information content (AvgIpc) is 3.15. The van der Waals surface area contributed by atoms with Crippen LogP contribution in [0.4, 0.5) is 14.5 Å². The summed E-state index contributed by atoms with van der Waals surface area (Å²) in [5, 5.41) is 14.4. The van der Waals surface area contributed by atoms with E-state index < -0.39 is 11.6 Å². The van der Waals surface area contributed by atoms with Crippen molar-refractivity contribution in [3.05, 3.63) is 90.1 Å². The number of hydrogen-bond donors (Lipinski definition) is 1. The fourth-order valence-electron chi connectivity index (χ4n) is 4.05. The number of phenolic OH excluding ortho intramolecular Hbond substituents is 1. The van der Waals surface area contributed by atoms with Crippen molar-refractivity contribution in [3.63, 3.8) is 0 Å². The molecule has 0 radical (unpaired) electrons. The van der Waals surface area contributed by atoms with Crippen LogP contribution >= 0.6 is 0 Å². The minimum atomic E-state index is -0.674. The van der Waals surface area contributed by atoms with Crippen molar-refractivity contribution in [1.82, 2.24) is 14.6 Å². The predicted molar refractivity (Wildman–Crippen MR) is 131 cm³/mol. The van der Waals surface area contributed by atoms with E-state index >= 15 is 0 Å². The van der Waals surface area contributed by atoms with Gasteiger partial charge in [0.05, 0.1) is 22.6 Å². The molecule has 0 atom stereocenters. The Kier molecular flexibility index (Phi) is 7.39. The third-order valence-electron chi connectivity index (χ3n) is 5.81. The van der Waals surface area contributed by atoms with Crippen molar-refractivity contribution in [2.75, 3.05) is 19.0 Å². The number of rotatable bonds is 4. The van der Waals surface area contributed by atoms with Gasteiger partial charge in [-0.25, -0.2) is 18.3 Å². The number of hydrogen-bond acceptors (Lipinski definition) is 4. The Morgan fingerprint density at radius 3 is 2.17 bits per heavy atom. The molecule has 0 unspecified atom stereocenters. The molecule has 3 aromatic carbocycles. The Balaban J connectivity index is 0.00000180. The summed E-state index contributed by atoms with van der Waals surface area (Å²) in [4.78, 5) is 6.87. The molecule has 0 aliphatic carbocycles. The third kappa shape index (κ3) is 4.89. The number of phenols is 1. The molecule has 8 heteroatoms. The van der Waals surface area contributed by atoms with Crippen molar-refractivity contribution < 1.29 is 66.7 Å². The van der Waals surface area contributed by atoms with E-state index in [2.05, 4.69) is 5.10 Å². The van der Waals surface area contributed by atoms with Crippen LogP contribution in [-0.4, -0.2) is 33.8 Å².